The number of piperidine rings is 1. The zero-order valence-corrected chi connectivity index (χ0v) is 18.0. The summed E-state index contributed by atoms with van der Waals surface area (Å²) in [6.45, 7) is 5.78. The Hall–Kier alpha value is -3.41. The Morgan fingerprint density at radius 2 is 1.68 bits per heavy atom. The number of amides is 1. The van der Waals surface area contributed by atoms with Crippen LogP contribution in [0.25, 0.3) is 0 Å². The summed E-state index contributed by atoms with van der Waals surface area (Å²) in [4.78, 5) is 23.8. The Morgan fingerprint density at radius 1 is 1.00 bits per heavy atom. The predicted octanol–water partition coefficient (Wildman–Crippen LogP) is 5.25. The van der Waals surface area contributed by atoms with Crippen molar-refractivity contribution in [3.05, 3.63) is 72.6 Å². The van der Waals surface area contributed by atoms with Gasteiger partial charge in [-0.1, -0.05) is 44.2 Å². The van der Waals surface area contributed by atoms with Crippen LogP contribution in [0.3, 0.4) is 0 Å². The summed E-state index contributed by atoms with van der Waals surface area (Å²) in [6, 6.07) is 17.7. The molecule has 0 spiro atoms. The third-order valence-electron chi connectivity index (χ3n) is 5.61. The van der Waals surface area contributed by atoms with Gasteiger partial charge in [-0.2, -0.15) is 0 Å². The third-order valence-corrected chi connectivity index (χ3v) is 5.61. The second-order valence-electron chi connectivity index (χ2n) is 8.13. The third kappa shape index (κ3) is 5.20. The molecule has 4 rings (SSSR count). The molecule has 160 valence electrons. The number of nitrogens with one attached hydrogen (secondary N) is 1. The number of ether oxygens (including phenoxy) is 1. The van der Waals surface area contributed by atoms with Crippen LogP contribution in [0, 0.1) is 5.92 Å². The average Bonchev–Trinajstić information content (AvgIpc) is 2.80. The number of carbonyl (C=O) groups is 1. The summed E-state index contributed by atoms with van der Waals surface area (Å²) in [5.74, 6) is 2.47. The molecule has 1 amide bonds. The highest BCUT2D eigenvalue weighted by atomic mass is 16.5. The topological polar surface area (TPSA) is 67.4 Å². The molecule has 0 saturated carbocycles. The minimum Gasteiger partial charge on any atom is -0.436 e. The van der Waals surface area contributed by atoms with Crippen LogP contribution in [-0.2, 0) is 4.79 Å². The lowest BCUT2D eigenvalue weighted by Gasteiger charge is -2.32. The fourth-order valence-corrected chi connectivity index (χ4v) is 3.76. The fraction of sp³-hybridized carbons (Fsp3) is 0.320. The van der Waals surface area contributed by atoms with Crippen LogP contribution < -0.4 is 15.0 Å². The van der Waals surface area contributed by atoms with Crippen molar-refractivity contribution >= 4 is 17.4 Å². The van der Waals surface area contributed by atoms with Gasteiger partial charge in [0.25, 0.3) is 5.88 Å². The van der Waals surface area contributed by atoms with E-state index in [0.29, 0.717) is 11.8 Å². The van der Waals surface area contributed by atoms with E-state index in [4.69, 9.17) is 4.74 Å². The summed E-state index contributed by atoms with van der Waals surface area (Å²) in [5, 5.41) is 3.07. The van der Waals surface area contributed by atoms with Gasteiger partial charge in [-0.3, -0.25) is 4.79 Å². The van der Waals surface area contributed by atoms with Gasteiger partial charge in [0, 0.05) is 37.1 Å². The Balaban J connectivity index is 1.36. The highest BCUT2D eigenvalue weighted by molar-refractivity contribution is 5.92. The molecule has 1 saturated heterocycles. The first-order valence-corrected chi connectivity index (χ1v) is 10.8. The number of anilines is 2. The van der Waals surface area contributed by atoms with Crippen LogP contribution in [0.1, 0.15) is 38.2 Å². The first-order valence-electron chi connectivity index (χ1n) is 10.8. The van der Waals surface area contributed by atoms with E-state index in [1.165, 1.54) is 5.56 Å². The standard InChI is InChI=1S/C25H28N4O2/c1-18(2)19-8-10-21(11-9-19)28-24(30)20-12-16-29(17-13-20)23-25(27-15-14-26-23)31-22-6-4-3-5-7-22/h3-11,14-15,18,20H,12-13,16-17H2,1-2H3,(H,28,30). The van der Waals surface area contributed by atoms with Crippen molar-refractivity contribution in [2.75, 3.05) is 23.3 Å². The number of aromatic nitrogens is 2. The van der Waals surface area contributed by atoms with Crippen LogP contribution in [0.5, 0.6) is 11.6 Å². The minimum absolute atomic E-state index is 0.0174. The number of benzene rings is 2. The van der Waals surface area contributed by atoms with Gasteiger partial charge >= 0.3 is 0 Å². The molecule has 0 bridgehead atoms. The summed E-state index contributed by atoms with van der Waals surface area (Å²) in [6.07, 6.45) is 4.83. The maximum atomic E-state index is 12.8. The van der Waals surface area contributed by atoms with Crippen molar-refractivity contribution in [3.63, 3.8) is 0 Å². The van der Waals surface area contributed by atoms with Crippen LogP contribution in [0.15, 0.2) is 67.0 Å². The van der Waals surface area contributed by atoms with Gasteiger partial charge in [0.15, 0.2) is 5.82 Å². The molecule has 0 atom stereocenters. The highest BCUT2D eigenvalue weighted by Gasteiger charge is 2.27. The van der Waals surface area contributed by atoms with Crippen LogP contribution >= 0.6 is 0 Å². The van der Waals surface area contributed by atoms with E-state index in [1.807, 2.05) is 42.5 Å². The number of hydrogen-bond donors (Lipinski definition) is 1. The van der Waals surface area contributed by atoms with Crippen molar-refractivity contribution in [1.82, 2.24) is 9.97 Å². The summed E-state index contributed by atoms with van der Waals surface area (Å²) in [7, 11) is 0. The zero-order chi connectivity index (χ0) is 21.6. The SMILES string of the molecule is CC(C)c1ccc(NC(=O)C2CCN(c3nccnc3Oc3ccccc3)CC2)cc1. The predicted molar refractivity (Wildman–Crippen MR) is 123 cm³/mol. The van der Waals surface area contributed by atoms with Crippen molar-refractivity contribution in [1.29, 1.82) is 0 Å². The Kier molecular flexibility index (Phi) is 6.46. The summed E-state index contributed by atoms with van der Waals surface area (Å²) < 4.78 is 5.95. The highest BCUT2D eigenvalue weighted by Crippen LogP contribution is 2.31. The average molecular weight is 417 g/mol. The van der Waals surface area contributed by atoms with Gasteiger partial charge in [0.05, 0.1) is 0 Å². The van der Waals surface area contributed by atoms with E-state index >= 15 is 0 Å². The van der Waals surface area contributed by atoms with E-state index < -0.39 is 0 Å². The second-order valence-corrected chi connectivity index (χ2v) is 8.13. The minimum atomic E-state index is -0.0174. The number of rotatable bonds is 6. The Bertz CT molecular complexity index is 998. The Labute approximate surface area is 183 Å². The van der Waals surface area contributed by atoms with E-state index in [0.717, 1.165) is 43.2 Å². The normalized spacial score (nSPS) is 14.5. The van der Waals surface area contributed by atoms with Crippen molar-refractivity contribution in [2.24, 2.45) is 5.92 Å². The van der Waals surface area contributed by atoms with Crippen molar-refractivity contribution < 1.29 is 9.53 Å². The van der Waals surface area contributed by atoms with Crippen molar-refractivity contribution in [3.8, 4) is 11.6 Å². The molecule has 6 heteroatoms. The van der Waals surface area contributed by atoms with E-state index in [2.05, 4.69) is 46.2 Å². The summed E-state index contributed by atoms with van der Waals surface area (Å²) in [5.41, 5.74) is 2.12. The molecule has 1 fully saturated rings. The molecule has 3 aromatic rings. The first-order chi connectivity index (χ1) is 15.1. The molecule has 2 aromatic carbocycles. The number of carbonyl (C=O) groups excluding carboxylic acids is 1. The lowest BCUT2D eigenvalue weighted by atomic mass is 9.95. The maximum Gasteiger partial charge on any atom is 0.263 e. The van der Waals surface area contributed by atoms with Gasteiger partial charge < -0.3 is 15.0 Å². The van der Waals surface area contributed by atoms with Crippen LogP contribution in [-0.4, -0.2) is 29.0 Å². The molecule has 0 radical (unpaired) electrons. The molecule has 1 aliphatic heterocycles. The van der Waals surface area contributed by atoms with E-state index in [9.17, 15) is 4.79 Å². The zero-order valence-electron chi connectivity index (χ0n) is 18.0. The van der Waals surface area contributed by atoms with E-state index in [1.54, 1.807) is 12.4 Å². The lowest BCUT2D eigenvalue weighted by molar-refractivity contribution is -0.120. The number of nitrogens with zero attached hydrogens (tertiary/aromatic N) is 3. The quantitative estimate of drug-likeness (QED) is 0.595. The molecule has 6 nitrogen and oxygen atoms in total. The van der Waals surface area contributed by atoms with Crippen LogP contribution in [0.4, 0.5) is 11.5 Å². The molecule has 0 unspecified atom stereocenters. The smallest absolute Gasteiger partial charge is 0.263 e. The van der Waals surface area contributed by atoms with Gasteiger partial charge in [-0.05, 0) is 48.6 Å². The molecule has 1 aliphatic rings. The maximum absolute atomic E-state index is 12.8. The van der Waals surface area contributed by atoms with Crippen LogP contribution in [0.2, 0.25) is 0 Å². The molecule has 1 aromatic heterocycles. The number of hydrogen-bond acceptors (Lipinski definition) is 5. The first kappa shape index (κ1) is 20.8. The monoisotopic (exact) mass is 416 g/mol. The fourth-order valence-electron chi connectivity index (χ4n) is 3.76. The molecule has 0 aliphatic carbocycles. The molecule has 31 heavy (non-hydrogen) atoms. The molecule has 1 N–H and O–H groups in total. The van der Waals surface area contributed by atoms with E-state index in [-0.39, 0.29) is 11.8 Å². The molecular formula is C25H28N4O2. The van der Waals surface area contributed by atoms with Gasteiger partial charge in [0.1, 0.15) is 5.75 Å². The van der Waals surface area contributed by atoms with Crippen molar-refractivity contribution in [2.45, 2.75) is 32.6 Å². The lowest BCUT2D eigenvalue weighted by Crippen LogP contribution is -2.38. The van der Waals surface area contributed by atoms with Gasteiger partial charge in [-0.15, -0.1) is 0 Å². The van der Waals surface area contributed by atoms with Gasteiger partial charge in [0.2, 0.25) is 5.91 Å². The Morgan fingerprint density at radius 3 is 2.35 bits per heavy atom. The number of para-hydroxylation sites is 1. The second kappa shape index (κ2) is 9.60. The molecular weight excluding hydrogens is 388 g/mol. The summed E-state index contributed by atoms with van der Waals surface area (Å²) >= 11 is 0. The molecule has 2 heterocycles. The van der Waals surface area contributed by atoms with Gasteiger partial charge in [-0.25, -0.2) is 9.97 Å². The largest absolute Gasteiger partial charge is 0.436 e.